The molecule has 2 atom stereocenters. The maximum atomic E-state index is 13.0. The summed E-state index contributed by atoms with van der Waals surface area (Å²) < 4.78 is 0. The molecule has 2 fully saturated rings. The monoisotopic (exact) mass is 392 g/mol. The fourth-order valence-electron chi connectivity index (χ4n) is 3.91. The summed E-state index contributed by atoms with van der Waals surface area (Å²) >= 11 is 6.04. The van der Waals surface area contributed by atoms with E-state index < -0.39 is 5.54 Å². The minimum Gasteiger partial charge on any atom is -0.324 e. The number of para-hydroxylation sites is 1. The van der Waals surface area contributed by atoms with Gasteiger partial charge in [0, 0.05) is 0 Å². The lowest BCUT2D eigenvalue weighted by atomic mass is 9.73. The number of anilines is 1. The van der Waals surface area contributed by atoms with E-state index in [0.717, 1.165) is 19.3 Å². The molecule has 1 spiro atoms. The molecule has 0 radical (unpaired) electrons. The van der Waals surface area contributed by atoms with Gasteiger partial charge in [0.2, 0.25) is 5.91 Å². The van der Waals surface area contributed by atoms with Gasteiger partial charge in [0.25, 0.3) is 5.91 Å². The molecule has 1 aliphatic heterocycles. The molecule has 2 aliphatic rings. The van der Waals surface area contributed by atoms with Crippen molar-refractivity contribution < 1.29 is 14.4 Å². The van der Waals surface area contributed by atoms with Crippen molar-refractivity contribution in [2.24, 2.45) is 5.92 Å². The molecule has 1 heterocycles. The third-order valence-electron chi connectivity index (χ3n) is 5.45. The molecule has 8 heteroatoms. The van der Waals surface area contributed by atoms with E-state index >= 15 is 0 Å². The van der Waals surface area contributed by atoms with E-state index in [-0.39, 0.29) is 37.0 Å². The number of urea groups is 1. The number of benzene rings is 1. The number of halogens is 1. The Hall–Kier alpha value is -2.12. The van der Waals surface area contributed by atoms with Gasteiger partial charge in [-0.3, -0.25) is 14.5 Å². The van der Waals surface area contributed by atoms with Gasteiger partial charge in [-0.1, -0.05) is 43.5 Å². The number of hydrogen-bond acceptors (Lipinski definition) is 4. The molecule has 4 amide bonds. The topological polar surface area (TPSA) is 81.8 Å². The largest absolute Gasteiger partial charge is 0.326 e. The Balaban J connectivity index is 1.60. The molecular weight excluding hydrogens is 368 g/mol. The summed E-state index contributed by atoms with van der Waals surface area (Å²) in [6.07, 6.45) is 3.61. The van der Waals surface area contributed by atoms with E-state index in [1.54, 1.807) is 36.2 Å². The summed E-state index contributed by atoms with van der Waals surface area (Å²) in [6.45, 7) is 2.11. The van der Waals surface area contributed by atoms with Crippen LogP contribution < -0.4 is 10.6 Å². The van der Waals surface area contributed by atoms with E-state index in [9.17, 15) is 14.4 Å². The Morgan fingerprint density at radius 2 is 2.11 bits per heavy atom. The Kier molecular flexibility index (Phi) is 5.72. The fraction of sp³-hybridized carbons (Fsp3) is 0.526. The van der Waals surface area contributed by atoms with E-state index in [1.165, 1.54) is 4.90 Å². The minimum atomic E-state index is -0.782. The van der Waals surface area contributed by atoms with Crippen LogP contribution in [-0.4, -0.2) is 53.4 Å². The molecule has 0 unspecified atom stereocenters. The zero-order valence-electron chi connectivity index (χ0n) is 15.6. The van der Waals surface area contributed by atoms with E-state index in [2.05, 4.69) is 10.6 Å². The second-order valence-electron chi connectivity index (χ2n) is 7.47. The van der Waals surface area contributed by atoms with Crippen LogP contribution in [0.1, 0.15) is 32.6 Å². The van der Waals surface area contributed by atoms with Crippen molar-refractivity contribution >= 4 is 35.1 Å². The number of amides is 4. The van der Waals surface area contributed by atoms with E-state index in [4.69, 9.17) is 11.6 Å². The molecule has 1 aliphatic carbocycles. The first kappa shape index (κ1) is 19.6. The van der Waals surface area contributed by atoms with E-state index in [0.29, 0.717) is 17.1 Å². The predicted molar refractivity (Wildman–Crippen MR) is 103 cm³/mol. The third-order valence-corrected chi connectivity index (χ3v) is 5.78. The first-order valence-corrected chi connectivity index (χ1v) is 9.58. The average molecular weight is 393 g/mol. The zero-order valence-corrected chi connectivity index (χ0v) is 16.4. The quantitative estimate of drug-likeness (QED) is 0.755. The molecule has 0 bridgehead atoms. The standard InChI is InChI=1S/C19H25ClN4O3/c1-13-7-5-6-10-19(13)17(26)24(18(27)22-19)12-23(2)11-16(25)21-15-9-4-3-8-14(15)20/h3-4,8-9,13H,5-7,10-12H2,1-2H3,(H,21,25)(H,22,27)/t13-,19-/m1/s1. The lowest BCUT2D eigenvalue weighted by molar-refractivity contribution is -0.136. The van der Waals surface area contributed by atoms with Crippen molar-refractivity contribution in [1.82, 2.24) is 15.1 Å². The van der Waals surface area contributed by atoms with Gasteiger partial charge in [0.1, 0.15) is 5.54 Å². The van der Waals surface area contributed by atoms with Crippen LogP contribution in [0.5, 0.6) is 0 Å². The fourth-order valence-corrected chi connectivity index (χ4v) is 4.10. The van der Waals surface area contributed by atoms with E-state index in [1.807, 2.05) is 6.92 Å². The Morgan fingerprint density at radius 3 is 2.81 bits per heavy atom. The van der Waals surface area contributed by atoms with Gasteiger partial charge < -0.3 is 10.6 Å². The van der Waals surface area contributed by atoms with Crippen LogP contribution in [0.2, 0.25) is 5.02 Å². The maximum Gasteiger partial charge on any atom is 0.326 e. The second kappa shape index (κ2) is 7.86. The number of imide groups is 1. The van der Waals surface area contributed by atoms with Gasteiger partial charge in [0.15, 0.2) is 0 Å². The summed E-state index contributed by atoms with van der Waals surface area (Å²) in [7, 11) is 1.70. The van der Waals surface area contributed by atoms with Crippen LogP contribution in [0.3, 0.4) is 0 Å². The van der Waals surface area contributed by atoms with Crippen LogP contribution in [0.15, 0.2) is 24.3 Å². The Bertz CT molecular complexity index is 756. The number of hydrogen-bond donors (Lipinski definition) is 2. The number of nitrogens with zero attached hydrogens (tertiary/aromatic N) is 2. The molecule has 27 heavy (non-hydrogen) atoms. The highest BCUT2D eigenvalue weighted by molar-refractivity contribution is 6.33. The van der Waals surface area contributed by atoms with Crippen molar-refractivity contribution in [3.8, 4) is 0 Å². The summed E-state index contributed by atoms with van der Waals surface area (Å²) in [5.41, 5.74) is -0.252. The summed E-state index contributed by atoms with van der Waals surface area (Å²) in [5.74, 6) is -0.335. The number of carbonyl (C=O) groups excluding carboxylic acids is 3. The minimum absolute atomic E-state index is 0.0326. The molecule has 7 nitrogen and oxygen atoms in total. The number of rotatable bonds is 5. The molecule has 1 aromatic rings. The predicted octanol–water partition coefficient (Wildman–Crippen LogP) is 2.67. The molecule has 3 rings (SSSR count). The molecule has 146 valence electrons. The highest BCUT2D eigenvalue weighted by Gasteiger charge is 2.54. The normalized spacial score (nSPS) is 25.2. The lowest BCUT2D eigenvalue weighted by Gasteiger charge is -2.37. The molecule has 2 N–H and O–H groups in total. The SMILES string of the molecule is C[C@@H]1CCCC[C@@]12NC(=O)N(CN(C)CC(=O)Nc1ccccc1Cl)C2=O. The van der Waals surface area contributed by atoms with Crippen molar-refractivity contribution in [2.45, 2.75) is 38.1 Å². The maximum absolute atomic E-state index is 13.0. The highest BCUT2D eigenvalue weighted by Crippen LogP contribution is 2.38. The van der Waals surface area contributed by atoms with Crippen molar-refractivity contribution in [3.63, 3.8) is 0 Å². The number of carbonyl (C=O) groups is 3. The Morgan fingerprint density at radius 1 is 1.37 bits per heavy atom. The van der Waals surface area contributed by atoms with Crippen LogP contribution in [0.25, 0.3) is 0 Å². The van der Waals surface area contributed by atoms with Crippen molar-refractivity contribution in [3.05, 3.63) is 29.3 Å². The molecular formula is C19H25ClN4O3. The molecule has 1 saturated carbocycles. The van der Waals surface area contributed by atoms with Crippen LogP contribution >= 0.6 is 11.6 Å². The Labute approximate surface area is 164 Å². The zero-order chi connectivity index (χ0) is 19.6. The smallest absolute Gasteiger partial charge is 0.324 e. The van der Waals surface area contributed by atoms with Gasteiger partial charge >= 0.3 is 6.03 Å². The average Bonchev–Trinajstić information content (AvgIpc) is 2.84. The third kappa shape index (κ3) is 3.94. The summed E-state index contributed by atoms with van der Waals surface area (Å²) in [6, 6.07) is 6.59. The van der Waals surface area contributed by atoms with Crippen LogP contribution in [0, 0.1) is 5.92 Å². The van der Waals surface area contributed by atoms with Gasteiger partial charge in [-0.25, -0.2) is 9.69 Å². The van der Waals surface area contributed by atoms with Gasteiger partial charge in [-0.2, -0.15) is 0 Å². The lowest BCUT2D eigenvalue weighted by Crippen LogP contribution is -2.54. The molecule has 1 aromatic carbocycles. The van der Waals surface area contributed by atoms with Gasteiger partial charge in [0.05, 0.1) is 23.9 Å². The van der Waals surface area contributed by atoms with Crippen LogP contribution in [-0.2, 0) is 9.59 Å². The van der Waals surface area contributed by atoms with Crippen LogP contribution in [0.4, 0.5) is 10.5 Å². The van der Waals surface area contributed by atoms with Crippen molar-refractivity contribution in [2.75, 3.05) is 25.6 Å². The summed E-state index contributed by atoms with van der Waals surface area (Å²) in [5, 5.41) is 6.11. The summed E-state index contributed by atoms with van der Waals surface area (Å²) in [4.78, 5) is 40.5. The number of likely N-dealkylation sites (N-methyl/N-ethyl adjacent to an activating group) is 1. The second-order valence-corrected chi connectivity index (χ2v) is 7.87. The molecule has 0 aromatic heterocycles. The molecule has 1 saturated heterocycles. The first-order chi connectivity index (χ1) is 12.8. The highest BCUT2D eigenvalue weighted by atomic mass is 35.5. The van der Waals surface area contributed by atoms with Crippen molar-refractivity contribution in [1.29, 1.82) is 0 Å². The number of nitrogens with one attached hydrogen (secondary N) is 2. The van der Waals surface area contributed by atoms with Gasteiger partial charge in [-0.15, -0.1) is 0 Å². The first-order valence-electron chi connectivity index (χ1n) is 9.20. The van der Waals surface area contributed by atoms with Gasteiger partial charge in [-0.05, 0) is 37.9 Å².